The van der Waals surface area contributed by atoms with Gasteiger partial charge in [0.05, 0.1) is 6.42 Å². The molecule has 4 aromatic rings. The Labute approximate surface area is 190 Å². The lowest BCUT2D eigenvalue weighted by Crippen LogP contribution is -2.15. The molecule has 8 nitrogen and oxygen atoms in total. The Balaban J connectivity index is 1.44. The molecule has 1 amide bonds. The number of nitrogens with zero attached hydrogens (tertiary/aromatic N) is 5. The predicted molar refractivity (Wildman–Crippen MR) is 128 cm³/mol. The fraction of sp³-hybridized carbons (Fsp3) is 0.174. The van der Waals surface area contributed by atoms with E-state index in [0.29, 0.717) is 22.9 Å². The van der Waals surface area contributed by atoms with Crippen molar-refractivity contribution in [2.45, 2.75) is 20.3 Å². The standard InChI is InChI=1S/C23H23N7OS/c1-15-9-11-18(12-10-15)30(3)22-26-16(2)25-21(28-22)29-23-24-14-19(32-23)13-20(31)27-17-7-5-4-6-8-17/h4-12,14H,13H2,1-3H3,(H,27,31)(H,24,25,26,28,29). The maximum Gasteiger partial charge on any atom is 0.234 e. The van der Waals surface area contributed by atoms with Crippen LogP contribution in [0.15, 0.2) is 60.8 Å². The number of amides is 1. The summed E-state index contributed by atoms with van der Waals surface area (Å²) < 4.78 is 0. The molecule has 0 aliphatic carbocycles. The minimum Gasteiger partial charge on any atom is -0.326 e. The van der Waals surface area contributed by atoms with E-state index in [0.717, 1.165) is 16.3 Å². The highest BCUT2D eigenvalue weighted by Crippen LogP contribution is 2.24. The summed E-state index contributed by atoms with van der Waals surface area (Å²) >= 11 is 1.39. The maximum absolute atomic E-state index is 12.3. The number of thiazole rings is 1. The van der Waals surface area contributed by atoms with Gasteiger partial charge in [-0.2, -0.15) is 15.0 Å². The largest absolute Gasteiger partial charge is 0.326 e. The first-order valence-electron chi connectivity index (χ1n) is 10.1. The zero-order valence-electron chi connectivity index (χ0n) is 18.0. The van der Waals surface area contributed by atoms with E-state index in [-0.39, 0.29) is 12.3 Å². The van der Waals surface area contributed by atoms with Gasteiger partial charge in [-0.1, -0.05) is 35.9 Å². The average molecular weight is 446 g/mol. The van der Waals surface area contributed by atoms with Crippen LogP contribution >= 0.6 is 11.3 Å². The number of aryl methyl sites for hydroxylation is 2. The first kappa shape index (κ1) is 21.4. The van der Waals surface area contributed by atoms with Gasteiger partial charge in [0.15, 0.2) is 5.13 Å². The van der Waals surface area contributed by atoms with E-state index in [1.54, 1.807) is 6.20 Å². The molecule has 162 valence electrons. The molecule has 4 rings (SSSR count). The van der Waals surface area contributed by atoms with Gasteiger partial charge in [0.1, 0.15) is 5.82 Å². The highest BCUT2D eigenvalue weighted by molar-refractivity contribution is 7.15. The second-order valence-electron chi connectivity index (χ2n) is 7.25. The van der Waals surface area contributed by atoms with Crippen LogP contribution in [0.3, 0.4) is 0 Å². The van der Waals surface area contributed by atoms with E-state index in [9.17, 15) is 4.79 Å². The van der Waals surface area contributed by atoms with Gasteiger partial charge in [0.2, 0.25) is 17.8 Å². The molecule has 2 N–H and O–H groups in total. The highest BCUT2D eigenvalue weighted by Gasteiger charge is 2.13. The third-order valence-corrected chi connectivity index (χ3v) is 5.53. The summed E-state index contributed by atoms with van der Waals surface area (Å²) in [4.78, 5) is 32.7. The van der Waals surface area contributed by atoms with Gasteiger partial charge >= 0.3 is 0 Å². The molecule has 9 heteroatoms. The Kier molecular flexibility index (Phi) is 6.37. The molecule has 0 bridgehead atoms. The van der Waals surface area contributed by atoms with Crippen LogP contribution in [0.1, 0.15) is 16.3 Å². The lowest BCUT2D eigenvalue weighted by molar-refractivity contribution is -0.115. The van der Waals surface area contributed by atoms with Crippen molar-refractivity contribution in [2.24, 2.45) is 0 Å². The van der Waals surface area contributed by atoms with Crippen molar-refractivity contribution in [3.05, 3.63) is 77.1 Å². The van der Waals surface area contributed by atoms with E-state index in [1.807, 2.05) is 80.4 Å². The van der Waals surface area contributed by atoms with Gasteiger partial charge in [0, 0.05) is 29.5 Å². The van der Waals surface area contributed by atoms with Gasteiger partial charge < -0.3 is 10.2 Å². The third-order valence-electron chi connectivity index (χ3n) is 4.62. The number of benzene rings is 2. The molecular formula is C23H23N7OS. The first-order valence-corrected chi connectivity index (χ1v) is 10.9. The number of carbonyl (C=O) groups is 1. The Hall–Kier alpha value is -3.85. The van der Waals surface area contributed by atoms with Crippen molar-refractivity contribution in [3.63, 3.8) is 0 Å². The van der Waals surface area contributed by atoms with Crippen LogP contribution in [0.5, 0.6) is 0 Å². The van der Waals surface area contributed by atoms with Gasteiger partial charge in [0.25, 0.3) is 0 Å². The summed E-state index contributed by atoms with van der Waals surface area (Å²) in [6.07, 6.45) is 1.93. The summed E-state index contributed by atoms with van der Waals surface area (Å²) in [6.45, 7) is 3.87. The van der Waals surface area contributed by atoms with E-state index < -0.39 is 0 Å². The van der Waals surface area contributed by atoms with Gasteiger partial charge in [-0.25, -0.2) is 4.98 Å². The average Bonchev–Trinajstić information content (AvgIpc) is 3.20. The SMILES string of the molecule is Cc1ccc(N(C)c2nc(C)nc(Nc3ncc(CC(=O)Nc4ccccc4)s3)n2)cc1. The summed E-state index contributed by atoms with van der Waals surface area (Å²) in [7, 11) is 1.91. The summed E-state index contributed by atoms with van der Waals surface area (Å²) in [6, 6.07) is 17.5. The molecule has 0 saturated heterocycles. The fourth-order valence-corrected chi connectivity index (χ4v) is 3.79. The third kappa shape index (κ3) is 5.44. The number of hydrogen-bond acceptors (Lipinski definition) is 8. The monoisotopic (exact) mass is 445 g/mol. The molecular weight excluding hydrogens is 422 g/mol. The molecule has 0 saturated carbocycles. The summed E-state index contributed by atoms with van der Waals surface area (Å²) in [5.41, 5.74) is 2.94. The molecule has 0 spiro atoms. The number of para-hydroxylation sites is 1. The van der Waals surface area contributed by atoms with Gasteiger partial charge in [-0.3, -0.25) is 10.1 Å². The lowest BCUT2D eigenvalue weighted by Gasteiger charge is -2.18. The van der Waals surface area contributed by atoms with Crippen LogP contribution in [0.25, 0.3) is 0 Å². The van der Waals surface area contributed by atoms with Crippen molar-refractivity contribution in [2.75, 3.05) is 22.6 Å². The number of hydrogen-bond donors (Lipinski definition) is 2. The van der Waals surface area contributed by atoms with Crippen LogP contribution in [0.2, 0.25) is 0 Å². The quantitative estimate of drug-likeness (QED) is 0.428. The van der Waals surface area contributed by atoms with Crippen molar-refractivity contribution >= 4 is 45.6 Å². The molecule has 0 unspecified atom stereocenters. The minimum absolute atomic E-state index is 0.0931. The summed E-state index contributed by atoms with van der Waals surface area (Å²) in [5.74, 6) is 1.43. The molecule has 2 aromatic heterocycles. The van der Waals surface area contributed by atoms with Gasteiger partial charge in [-0.15, -0.1) is 11.3 Å². The van der Waals surface area contributed by atoms with Crippen molar-refractivity contribution in [1.82, 2.24) is 19.9 Å². The van der Waals surface area contributed by atoms with E-state index in [2.05, 4.69) is 30.6 Å². The topological polar surface area (TPSA) is 95.9 Å². The number of carbonyl (C=O) groups excluding carboxylic acids is 1. The molecule has 32 heavy (non-hydrogen) atoms. The Morgan fingerprint density at radius 2 is 1.75 bits per heavy atom. The first-order chi connectivity index (χ1) is 15.5. The van der Waals surface area contributed by atoms with E-state index >= 15 is 0 Å². The van der Waals surface area contributed by atoms with Crippen LogP contribution in [0.4, 0.5) is 28.4 Å². The predicted octanol–water partition coefficient (Wildman–Crippen LogP) is 4.64. The Bertz CT molecular complexity index is 1210. The normalized spacial score (nSPS) is 10.6. The van der Waals surface area contributed by atoms with Crippen molar-refractivity contribution < 1.29 is 4.79 Å². The molecule has 0 aliphatic heterocycles. The van der Waals surface area contributed by atoms with E-state index in [4.69, 9.17) is 0 Å². The van der Waals surface area contributed by atoms with Crippen molar-refractivity contribution in [1.29, 1.82) is 0 Å². The molecule has 0 fully saturated rings. The minimum atomic E-state index is -0.0931. The van der Waals surface area contributed by atoms with Crippen LogP contribution in [-0.2, 0) is 11.2 Å². The van der Waals surface area contributed by atoms with Gasteiger partial charge in [-0.05, 0) is 38.1 Å². The van der Waals surface area contributed by atoms with Crippen LogP contribution in [-0.4, -0.2) is 32.9 Å². The van der Waals surface area contributed by atoms with E-state index in [1.165, 1.54) is 16.9 Å². The van der Waals surface area contributed by atoms with Crippen molar-refractivity contribution in [3.8, 4) is 0 Å². The lowest BCUT2D eigenvalue weighted by atomic mass is 10.2. The second kappa shape index (κ2) is 9.52. The Morgan fingerprint density at radius 1 is 1.00 bits per heavy atom. The number of nitrogens with one attached hydrogen (secondary N) is 2. The van der Waals surface area contributed by atoms with Crippen LogP contribution < -0.4 is 15.5 Å². The molecule has 0 radical (unpaired) electrons. The summed E-state index contributed by atoms with van der Waals surface area (Å²) in [5, 5.41) is 6.62. The zero-order chi connectivity index (χ0) is 22.5. The van der Waals surface area contributed by atoms with Crippen LogP contribution in [0, 0.1) is 13.8 Å². The number of anilines is 5. The molecule has 2 heterocycles. The maximum atomic E-state index is 12.3. The Morgan fingerprint density at radius 3 is 2.50 bits per heavy atom. The molecule has 0 atom stereocenters. The second-order valence-corrected chi connectivity index (χ2v) is 8.36. The highest BCUT2D eigenvalue weighted by atomic mass is 32.1. The molecule has 2 aromatic carbocycles. The fourth-order valence-electron chi connectivity index (χ4n) is 2.99. The number of aromatic nitrogens is 4. The smallest absolute Gasteiger partial charge is 0.234 e. The molecule has 0 aliphatic rings. The number of rotatable bonds is 7. The zero-order valence-corrected chi connectivity index (χ0v) is 18.8.